The SMILES string of the molecule is COc1ccc([C@H]2CC(=O)NN2c2ccccc2)cc1. The first-order chi connectivity index (χ1) is 9.78. The molecule has 0 spiro atoms. The lowest BCUT2D eigenvalue weighted by atomic mass is 10.0. The summed E-state index contributed by atoms with van der Waals surface area (Å²) in [5.41, 5.74) is 4.99. The van der Waals surface area contributed by atoms with Gasteiger partial charge in [-0.15, -0.1) is 0 Å². The van der Waals surface area contributed by atoms with Crippen molar-refractivity contribution in [3.63, 3.8) is 0 Å². The predicted molar refractivity (Wildman–Crippen MR) is 77.4 cm³/mol. The Morgan fingerprint density at radius 3 is 2.45 bits per heavy atom. The Morgan fingerprint density at radius 2 is 1.80 bits per heavy atom. The standard InChI is InChI=1S/C16H16N2O2/c1-20-14-9-7-12(8-10-14)15-11-16(19)17-18(15)13-5-3-2-4-6-13/h2-10,15H,11H2,1H3,(H,17,19)/t15-/m1/s1. The van der Waals surface area contributed by atoms with Crippen molar-refractivity contribution in [3.8, 4) is 5.75 Å². The molecule has 102 valence electrons. The maximum absolute atomic E-state index is 11.8. The van der Waals surface area contributed by atoms with Gasteiger partial charge >= 0.3 is 0 Å². The number of hydrogen-bond donors (Lipinski definition) is 1. The number of nitrogens with one attached hydrogen (secondary N) is 1. The van der Waals surface area contributed by atoms with E-state index < -0.39 is 0 Å². The lowest BCUT2D eigenvalue weighted by Gasteiger charge is -2.25. The molecule has 4 heteroatoms. The minimum Gasteiger partial charge on any atom is -0.497 e. The third-order valence-electron chi connectivity index (χ3n) is 3.47. The average Bonchev–Trinajstić information content (AvgIpc) is 2.90. The number of anilines is 1. The van der Waals surface area contributed by atoms with Gasteiger partial charge in [-0.3, -0.25) is 15.2 Å². The van der Waals surface area contributed by atoms with E-state index in [1.165, 1.54) is 0 Å². The zero-order chi connectivity index (χ0) is 13.9. The van der Waals surface area contributed by atoms with E-state index in [0.717, 1.165) is 17.0 Å². The smallest absolute Gasteiger partial charge is 0.241 e. The number of nitrogens with zero attached hydrogens (tertiary/aromatic N) is 1. The number of methoxy groups -OCH3 is 1. The van der Waals surface area contributed by atoms with E-state index >= 15 is 0 Å². The van der Waals surface area contributed by atoms with E-state index in [2.05, 4.69) is 5.43 Å². The molecule has 1 N–H and O–H groups in total. The van der Waals surface area contributed by atoms with Crippen molar-refractivity contribution in [2.24, 2.45) is 0 Å². The van der Waals surface area contributed by atoms with Crippen molar-refractivity contribution in [2.45, 2.75) is 12.5 Å². The molecule has 0 saturated carbocycles. The van der Waals surface area contributed by atoms with Crippen LogP contribution in [-0.4, -0.2) is 13.0 Å². The monoisotopic (exact) mass is 268 g/mol. The highest BCUT2D eigenvalue weighted by Gasteiger charge is 2.31. The van der Waals surface area contributed by atoms with Crippen LogP contribution in [0.25, 0.3) is 0 Å². The van der Waals surface area contributed by atoms with Crippen molar-refractivity contribution in [2.75, 3.05) is 12.1 Å². The molecule has 1 heterocycles. The molecule has 3 rings (SSSR count). The molecule has 0 bridgehead atoms. The lowest BCUT2D eigenvalue weighted by molar-refractivity contribution is -0.119. The Balaban J connectivity index is 1.91. The second-order valence-electron chi connectivity index (χ2n) is 4.73. The van der Waals surface area contributed by atoms with Gasteiger partial charge in [-0.1, -0.05) is 30.3 Å². The Hall–Kier alpha value is -2.49. The van der Waals surface area contributed by atoms with E-state index in [1.807, 2.05) is 59.6 Å². The Bertz CT molecular complexity index is 596. The van der Waals surface area contributed by atoms with Crippen LogP contribution in [0.3, 0.4) is 0 Å². The van der Waals surface area contributed by atoms with Crippen molar-refractivity contribution in [1.82, 2.24) is 5.43 Å². The maximum atomic E-state index is 11.8. The first-order valence-corrected chi connectivity index (χ1v) is 6.55. The molecule has 1 aliphatic rings. The van der Waals surface area contributed by atoms with Gasteiger partial charge in [-0.05, 0) is 29.8 Å². The molecule has 1 saturated heterocycles. The van der Waals surface area contributed by atoms with Crippen LogP contribution in [0.15, 0.2) is 54.6 Å². The van der Waals surface area contributed by atoms with E-state index in [-0.39, 0.29) is 11.9 Å². The Kier molecular flexibility index (Phi) is 3.29. The van der Waals surface area contributed by atoms with Crippen LogP contribution in [0.4, 0.5) is 5.69 Å². The summed E-state index contributed by atoms with van der Waals surface area (Å²) in [5, 5.41) is 1.92. The van der Waals surface area contributed by atoms with Crippen LogP contribution in [0.5, 0.6) is 5.75 Å². The third-order valence-corrected chi connectivity index (χ3v) is 3.47. The van der Waals surface area contributed by atoms with Crippen molar-refractivity contribution in [1.29, 1.82) is 0 Å². The molecule has 0 aliphatic carbocycles. The normalized spacial score (nSPS) is 17.9. The summed E-state index contributed by atoms with van der Waals surface area (Å²) in [6, 6.07) is 17.7. The van der Waals surface area contributed by atoms with Gasteiger partial charge in [0.2, 0.25) is 5.91 Å². The summed E-state index contributed by atoms with van der Waals surface area (Å²) >= 11 is 0. The maximum Gasteiger partial charge on any atom is 0.241 e. The second kappa shape index (κ2) is 5.25. The van der Waals surface area contributed by atoms with Gasteiger partial charge in [0.05, 0.1) is 25.3 Å². The second-order valence-corrected chi connectivity index (χ2v) is 4.73. The van der Waals surface area contributed by atoms with Crippen molar-refractivity contribution < 1.29 is 9.53 Å². The van der Waals surface area contributed by atoms with Gasteiger partial charge in [-0.2, -0.15) is 0 Å². The number of carbonyl (C=O) groups excluding carboxylic acids is 1. The molecular weight excluding hydrogens is 252 g/mol. The zero-order valence-corrected chi connectivity index (χ0v) is 11.2. The summed E-state index contributed by atoms with van der Waals surface area (Å²) in [7, 11) is 1.64. The van der Waals surface area contributed by atoms with Gasteiger partial charge in [0.25, 0.3) is 0 Å². The number of carbonyl (C=O) groups is 1. The highest BCUT2D eigenvalue weighted by atomic mass is 16.5. The first-order valence-electron chi connectivity index (χ1n) is 6.55. The quantitative estimate of drug-likeness (QED) is 0.930. The summed E-state index contributed by atoms with van der Waals surface area (Å²) in [6.45, 7) is 0. The van der Waals surface area contributed by atoms with Gasteiger partial charge in [0.15, 0.2) is 0 Å². The Morgan fingerprint density at radius 1 is 1.10 bits per heavy atom. The minimum atomic E-state index is 0.0100. The van der Waals surface area contributed by atoms with E-state index in [1.54, 1.807) is 7.11 Å². The molecule has 20 heavy (non-hydrogen) atoms. The number of hydrazine groups is 1. The molecular formula is C16H16N2O2. The predicted octanol–water partition coefficient (Wildman–Crippen LogP) is 2.68. The highest BCUT2D eigenvalue weighted by Crippen LogP contribution is 2.32. The van der Waals surface area contributed by atoms with E-state index in [4.69, 9.17) is 4.74 Å². The number of amides is 1. The van der Waals surface area contributed by atoms with Crippen LogP contribution in [0.2, 0.25) is 0 Å². The average molecular weight is 268 g/mol. The Labute approximate surface area is 117 Å². The number of para-hydroxylation sites is 1. The van der Waals surface area contributed by atoms with Gasteiger partial charge < -0.3 is 4.74 Å². The van der Waals surface area contributed by atoms with Crippen LogP contribution in [0.1, 0.15) is 18.0 Å². The summed E-state index contributed by atoms with van der Waals surface area (Å²) < 4.78 is 5.17. The van der Waals surface area contributed by atoms with E-state index in [9.17, 15) is 4.79 Å². The molecule has 1 fully saturated rings. The molecule has 0 radical (unpaired) electrons. The molecule has 0 aromatic heterocycles. The number of hydrogen-bond acceptors (Lipinski definition) is 3. The van der Waals surface area contributed by atoms with Crippen molar-refractivity contribution in [3.05, 3.63) is 60.2 Å². The third kappa shape index (κ3) is 2.32. The largest absolute Gasteiger partial charge is 0.497 e. The molecule has 1 aliphatic heterocycles. The molecule has 2 aromatic carbocycles. The van der Waals surface area contributed by atoms with Crippen LogP contribution < -0.4 is 15.2 Å². The van der Waals surface area contributed by atoms with Gasteiger partial charge in [0, 0.05) is 0 Å². The number of ether oxygens (including phenoxy) is 1. The van der Waals surface area contributed by atoms with E-state index in [0.29, 0.717) is 6.42 Å². The fourth-order valence-electron chi connectivity index (χ4n) is 2.45. The zero-order valence-electron chi connectivity index (χ0n) is 11.2. The fraction of sp³-hybridized carbons (Fsp3) is 0.188. The summed E-state index contributed by atoms with van der Waals surface area (Å²) in [4.78, 5) is 11.8. The van der Waals surface area contributed by atoms with Crippen LogP contribution >= 0.6 is 0 Å². The highest BCUT2D eigenvalue weighted by molar-refractivity contribution is 5.83. The number of rotatable bonds is 3. The topological polar surface area (TPSA) is 41.6 Å². The van der Waals surface area contributed by atoms with Crippen molar-refractivity contribution >= 4 is 11.6 Å². The molecule has 4 nitrogen and oxygen atoms in total. The first kappa shape index (κ1) is 12.5. The molecule has 2 aromatic rings. The van der Waals surface area contributed by atoms with Crippen LogP contribution in [0, 0.1) is 0 Å². The summed E-state index contributed by atoms with van der Waals surface area (Å²) in [6.07, 6.45) is 0.460. The summed E-state index contributed by atoms with van der Waals surface area (Å²) in [5.74, 6) is 0.854. The van der Waals surface area contributed by atoms with Gasteiger partial charge in [-0.25, -0.2) is 0 Å². The fourth-order valence-corrected chi connectivity index (χ4v) is 2.45. The lowest BCUT2D eigenvalue weighted by Crippen LogP contribution is -2.34. The van der Waals surface area contributed by atoms with Gasteiger partial charge in [0.1, 0.15) is 5.75 Å². The number of benzene rings is 2. The van der Waals surface area contributed by atoms with Crippen LogP contribution in [-0.2, 0) is 4.79 Å². The molecule has 1 amide bonds. The molecule has 0 unspecified atom stereocenters. The molecule has 1 atom stereocenters. The minimum absolute atomic E-state index is 0.0100.